The van der Waals surface area contributed by atoms with Gasteiger partial charge in [0.1, 0.15) is 0 Å². The van der Waals surface area contributed by atoms with Crippen molar-refractivity contribution in [1.29, 1.82) is 0 Å². The van der Waals surface area contributed by atoms with Gasteiger partial charge in [-0.2, -0.15) is 18.3 Å². The topological polar surface area (TPSA) is 104 Å². The van der Waals surface area contributed by atoms with Gasteiger partial charge in [0.15, 0.2) is 11.5 Å². The Hall–Kier alpha value is -2.70. The summed E-state index contributed by atoms with van der Waals surface area (Å²) in [6.45, 7) is 3.02. The van der Waals surface area contributed by atoms with Gasteiger partial charge in [0, 0.05) is 12.4 Å². The molecular weight excluding hydrogens is 612 g/mol. The molecule has 1 saturated carbocycles. The zero-order valence-electron chi connectivity index (χ0n) is 23.9. The summed E-state index contributed by atoms with van der Waals surface area (Å²) < 4.78 is 56.1. The maximum absolute atomic E-state index is 14.6. The van der Waals surface area contributed by atoms with Crippen LogP contribution in [-0.4, -0.2) is 68.7 Å². The van der Waals surface area contributed by atoms with Crippen LogP contribution in [0.4, 0.5) is 13.2 Å². The normalized spacial score (nSPS) is 26.9. The van der Waals surface area contributed by atoms with E-state index in [1.807, 2.05) is 0 Å². The molecule has 234 valence electrons. The second kappa shape index (κ2) is 12.0. The summed E-state index contributed by atoms with van der Waals surface area (Å²) >= 11 is 12.4. The number of Topliss-reactive ketones (excluding diaryl/α,β-unsaturated/α-hetero) is 1. The monoisotopic (exact) mass is 644 g/mol. The van der Waals surface area contributed by atoms with Gasteiger partial charge in [0.2, 0.25) is 0 Å². The molecule has 9 nitrogen and oxygen atoms in total. The van der Waals surface area contributed by atoms with E-state index in [-0.39, 0.29) is 53.7 Å². The van der Waals surface area contributed by atoms with Crippen molar-refractivity contribution in [1.82, 2.24) is 19.7 Å². The highest BCUT2D eigenvalue weighted by Crippen LogP contribution is 2.46. The zero-order valence-corrected chi connectivity index (χ0v) is 25.4. The zero-order chi connectivity index (χ0) is 31.2. The predicted octanol–water partition coefficient (Wildman–Crippen LogP) is 6.32. The number of esters is 1. The van der Waals surface area contributed by atoms with Crippen molar-refractivity contribution in [3.05, 3.63) is 45.5 Å². The Morgan fingerprint density at radius 1 is 1.07 bits per heavy atom. The van der Waals surface area contributed by atoms with Crippen LogP contribution in [-0.2, 0) is 20.4 Å². The first-order valence-electron chi connectivity index (χ1n) is 14.4. The van der Waals surface area contributed by atoms with E-state index < -0.39 is 52.7 Å². The first kappa shape index (κ1) is 31.7. The summed E-state index contributed by atoms with van der Waals surface area (Å²) in [6, 6.07) is -0.683. The second-order valence-electron chi connectivity index (χ2n) is 11.9. The van der Waals surface area contributed by atoms with Crippen LogP contribution >= 0.6 is 23.2 Å². The summed E-state index contributed by atoms with van der Waals surface area (Å²) in [4.78, 5) is 44.8. The number of ether oxygens (including phenoxy) is 2. The van der Waals surface area contributed by atoms with E-state index in [9.17, 15) is 27.6 Å². The molecule has 2 aromatic heterocycles. The number of rotatable bonds is 9. The smallest absolute Gasteiger partial charge is 0.433 e. The summed E-state index contributed by atoms with van der Waals surface area (Å²) in [6.07, 6.45) is 2.39. The lowest BCUT2D eigenvalue weighted by molar-refractivity contribution is -0.157. The van der Waals surface area contributed by atoms with Crippen LogP contribution in [0.3, 0.4) is 0 Å². The molecule has 1 aliphatic carbocycles. The third kappa shape index (κ3) is 6.28. The molecule has 3 fully saturated rings. The van der Waals surface area contributed by atoms with Crippen LogP contribution in [0.2, 0.25) is 10.0 Å². The first-order valence-corrected chi connectivity index (χ1v) is 15.1. The molecule has 14 heteroatoms. The van der Waals surface area contributed by atoms with Crippen molar-refractivity contribution < 1.29 is 37.0 Å². The maximum Gasteiger partial charge on any atom is 0.433 e. The number of carbonyl (C=O) groups is 3. The third-order valence-electron chi connectivity index (χ3n) is 8.96. The molecule has 0 unspecified atom stereocenters. The number of nitrogens with zero attached hydrogens (tertiary/aromatic N) is 4. The van der Waals surface area contributed by atoms with Crippen molar-refractivity contribution in [3.63, 3.8) is 0 Å². The van der Waals surface area contributed by atoms with Crippen molar-refractivity contribution in [2.24, 2.45) is 5.41 Å². The Morgan fingerprint density at radius 3 is 2.23 bits per heavy atom. The first-order chi connectivity index (χ1) is 20.3. The van der Waals surface area contributed by atoms with Crippen molar-refractivity contribution in [3.8, 4) is 0 Å². The molecule has 0 atom stereocenters. The van der Waals surface area contributed by atoms with E-state index >= 15 is 0 Å². The van der Waals surface area contributed by atoms with E-state index in [1.54, 1.807) is 13.8 Å². The van der Waals surface area contributed by atoms with Crippen LogP contribution in [0, 0.1) is 5.41 Å². The number of pyridine rings is 1. The average Bonchev–Trinajstić information content (AvgIpc) is 3.67. The quantitative estimate of drug-likeness (QED) is 0.232. The van der Waals surface area contributed by atoms with E-state index in [0.717, 1.165) is 28.6 Å². The number of hydrogen-bond acceptors (Lipinski definition) is 7. The van der Waals surface area contributed by atoms with Crippen molar-refractivity contribution >= 4 is 40.9 Å². The number of aromatic nitrogens is 3. The summed E-state index contributed by atoms with van der Waals surface area (Å²) in [5, 5.41) is 3.99. The second-order valence-corrected chi connectivity index (χ2v) is 12.7. The number of ketones is 1. The van der Waals surface area contributed by atoms with Crippen molar-refractivity contribution in [2.75, 3.05) is 19.7 Å². The molecule has 2 aromatic rings. The SMILES string of the molecule is CCOC(=O)[C@]1(C)CC[C@@H](n2ncc(C(=O)N(CC(=O)c3c(Cl)cncc3Cl)C[C@]34CC[C@H](CC3)O4)c2C(F)(F)F)CC1. The fraction of sp³-hybridized carbons (Fsp3) is 0.621. The molecule has 43 heavy (non-hydrogen) atoms. The van der Waals surface area contributed by atoms with Crippen LogP contribution < -0.4 is 0 Å². The standard InChI is InChI=1S/C29H33Cl2F3N4O5/c1-3-42-26(41)27(2)8-4-17(5-9-27)38-24(29(32,33)34)19(12-36-38)25(40)37(16-28-10-6-18(43-28)7-11-28)15-22(39)23-20(30)13-35-14-21(23)31/h12-14,17-18H,3-11,15-16H2,1-2H3/t17-,18-,27-,28+. The Morgan fingerprint density at radius 2 is 1.70 bits per heavy atom. The van der Waals surface area contributed by atoms with Gasteiger partial charge in [-0.25, -0.2) is 0 Å². The maximum atomic E-state index is 14.6. The van der Waals surface area contributed by atoms with Gasteiger partial charge in [-0.15, -0.1) is 0 Å². The van der Waals surface area contributed by atoms with Gasteiger partial charge >= 0.3 is 12.1 Å². The van der Waals surface area contributed by atoms with Crippen LogP contribution in [0.15, 0.2) is 18.6 Å². The fourth-order valence-electron chi connectivity index (χ4n) is 6.62. The van der Waals surface area contributed by atoms with Crippen molar-refractivity contribution in [2.45, 2.75) is 89.1 Å². The molecular formula is C29H33Cl2F3N4O5. The van der Waals surface area contributed by atoms with Gasteiger partial charge < -0.3 is 14.4 Å². The highest BCUT2D eigenvalue weighted by Gasteiger charge is 2.50. The van der Waals surface area contributed by atoms with Gasteiger partial charge in [-0.05, 0) is 65.2 Å². The van der Waals surface area contributed by atoms with Gasteiger partial charge in [0.05, 0.1) is 70.2 Å². The Labute approximate surface area is 257 Å². The lowest BCUT2D eigenvalue weighted by atomic mass is 9.74. The minimum absolute atomic E-state index is 0.0248. The van der Waals surface area contributed by atoms with Gasteiger partial charge in [0.25, 0.3) is 5.91 Å². The van der Waals surface area contributed by atoms with Gasteiger partial charge in [-0.3, -0.25) is 24.0 Å². The summed E-state index contributed by atoms with van der Waals surface area (Å²) in [5.41, 5.74) is -3.46. The average molecular weight is 646 g/mol. The van der Waals surface area contributed by atoms with Crippen LogP contribution in [0.1, 0.15) is 97.7 Å². The molecule has 3 aliphatic rings. The molecule has 2 bridgehead atoms. The predicted molar refractivity (Wildman–Crippen MR) is 150 cm³/mol. The molecule has 0 N–H and O–H groups in total. The lowest BCUT2D eigenvalue weighted by Crippen LogP contribution is -2.47. The van der Waals surface area contributed by atoms with E-state index in [0.29, 0.717) is 25.7 Å². The fourth-order valence-corrected chi connectivity index (χ4v) is 7.20. The van der Waals surface area contributed by atoms with E-state index in [4.69, 9.17) is 32.7 Å². The molecule has 0 aromatic carbocycles. The molecule has 2 saturated heterocycles. The third-order valence-corrected chi connectivity index (χ3v) is 9.53. The molecule has 5 rings (SSSR count). The highest BCUT2D eigenvalue weighted by molar-refractivity contribution is 6.39. The highest BCUT2D eigenvalue weighted by atomic mass is 35.5. The Kier molecular flexibility index (Phi) is 8.85. The van der Waals surface area contributed by atoms with Crippen LogP contribution in [0.25, 0.3) is 0 Å². The largest absolute Gasteiger partial charge is 0.466 e. The minimum Gasteiger partial charge on any atom is -0.466 e. The number of hydrogen-bond donors (Lipinski definition) is 0. The number of amides is 1. The molecule has 0 radical (unpaired) electrons. The number of halogens is 5. The lowest BCUT2D eigenvalue weighted by Gasteiger charge is -2.36. The summed E-state index contributed by atoms with van der Waals surface area (Å²) in [7, 11) is 0. The minimum atomic E-state index is -4.92. The molecule has 4 heterocycles. The number of fused-ring (bicyclic) bond motifs is 2. The molecule has 2 aliphatic heterocycles. The number of carbonyl (C=O) groups excluding carboxylic acids is 3. The Balaban J connectivity index is 1.45. The van der Waals surface area contributed by atoms with Crippen LogP contribution in [0.5, 0.6) is 0 Å². The van der Waals surface area contributed by atoms with E-state index in [1.165, 1.54) is 12.4 Å². The van der Waals surface area contributed by atoms with E-state index in [2.05, 4.69) is 10.1 Å². The molecule has 1 amide bonds. The molecule has 0 spiro atoms. The number of alkyl halides is 3. The summed E-state index contributed by atoms with van der Waals surface area (Å²) in [5.74, 6) is -2.01. The Bertz CT molecular complexity index is 1380. The van der Waals surface area contributed by atoms with Gasteiger partial charge in [-0.1, -0.05) is 23.2 Å².